The average molecular weight is 232 g/mol. The van der Waals surface area contributed by atoms with Crippen molar-refractivity contribution in [2.24, 2.45) is 0 Å². The van der Waals surface area contributed by atoms with Crippen LogP contribution in [0.5, 0.6) is 0 Å². The lowest BCUT2D eigenvalue weighted by Gasteiger charge is -2.02. The van der Waals surface area contributed by atoms with Crippen LogP contribution in [0.25, 0.3) is 15.7 Å². The standard InChI is InChI=1S/C12H8OS2/c1-2-4-11-9(3-1)7-12(15-11)10-5-6-13-14-8-10/h1-8H. The van der Waals surface area contributed by atoms with Gasteiger partial charge in [-0.05, 0) is 23.6 Å². The van der Waals surface area contributed by atoms with E-state index in [2.05, 4.69) is 30.3 Å². The molecule has 0 saturated heterocycles. The van der Waals surface area contributed by atoms with Crippen molar-refractivity contribution < 1.29 is 4.18 Å². The first-order valence-electron chi connectivity index (χ1n) is 4.61. The van der Waals surface area contributed by atoms with Gasteiger partial charge in [0, 0.05) is 20.6 Å². The fourth-order valence-corrected chi connectivity index (χ4v) is 3.13. The monoisotopic (exact) mass is 232 g/mol. The fraction of sp³-hybridized carbons (Fsp3) is 0. The highest BCUT2D eigenvalue weighted by Gasteiger charge is 2.06. The first-order chi connectivity index (χ1) is 7.43. The normalized spacial score (nSPS) is 15.1. The maximum absolute atomic E-state index is 5.06. The van der Waals surface area contributed by atoms with Crippen LogP contribution in [-0.4, -0.2) is 0 Å². The Labute approximate surface area is 96.3 Å². The minimum Gasteiger partial charge on any atom is -0.429 e. The molecule has 15 heavy (non-hydrogen) atoms. The van der Waals surface area contributed by atoms with Gasteiger partial charge in [0.05, 0.1) is 12.0 Å². The molecule has 1 aromatic carbocycles. The molecule has 1 aliphatic heterocycles. The molecular weight excluding hydrogens is 224 g/mol. The summed E-state index contributed by atoms with van der Waals surface area (Å²) >= 11 is 3.18. The van der Waals surface area contributed by atoms with Crippen molar-refractivity contribution in [2.75, 3.05) is 0 Å². The molecule has 2 heterocycles. The SMILES string of the molecule is C1=CC(c2cc3ccccc3s2)=CSO1. The molecule has 0 radical (unpaired) electrons. The van der Waals surface area contributed by atoms with Gasteiger partial charge in [-0.25, -0.2) is 0 Å². The van der Waals surface area contributed by atoms with Gasteiger partial charge < -0.3 is 4.18 Å². The number of hydrogen-bond donors (Lipinski definition) is 0. The Balaban J connectivity index is 2.11. The summed E-state index contributed by atoms with van der Waals surface area (Å²) in [5.74, 6) is 0. The van der Waals surface area contributed by atoms with Crippen LogP contribution < -0.4 is 0 Å². The summed E-state index contributed by atoms with van der Waals surface area (Å²) in [5.41, 5.74) is 1.23. The third-order valence-corrected chi connectivity index (χ3v) is 3.98. The number of hydrogen-bond acceptors (Lipinski definition) is 3. The third-order valence-electron chi connectivity index (χ3n) is 2.24. The lowest BCUT2D eigenvalue weighted by molar-refractivity contribution is 0.570. The first kappa shape index (κ1) is 9.07. The quantitative estimate of drug-likeness (QED) is 0.672. The highest BCUT2D eigenvalue weighted by atomic mass is 32.2. The molecule has 3 heteroatoms. The van der Waals surface area contributed by atoms with Gasteiger partial charge in [-0.3, -0.25) is 0 Å². The van der Waals surface area contributed by atoms with Gasteiger partial charge in [-0.1, -0.05) is 18.2 Å². The van der Waals surface area contributed by atoms with Crippen molar-refractivity contribution in [2.45, 2.75) is 0 Å². The van der Waals surface area contributed by atoms with Crippen molar-refractivity contribution in [3.8, 4) is 0 Å². The van der Waals surface area contributed by atoms with E-state index in [-0.39, 0.29) is 0 Å². The second kappa shape index (κ2) is 3.76. The van der Waals surface area contributed by atoms with E-state index in [0.717, 1.165) is 0 Å². The molecule has 0 bridgehead atoms. The van der Waals surface area contributed by atoms with Crippen LogP contribution >= 0.6 is 23.4 Å². The number of fused-ring (bicyclic) bond motifs is 1. The molecule has 0 amide bonds. The van der Waals surface area contributed by atoms with E-state index in [4.69, 9.17) is 4.18 Å². The molecule has 0 aliphatic carbocycles. The van der Waals surface area contributed by atoms with E-state index < -0.39 is 0 Å². The zero-order valence-electron chi connectivity index (χ0n) is 7.84. The Hall–Kier alpha value is -1.19. The molecule has 0 spiro atoms. The minimum atomic E-state index is 1.23. The van der Waals surface area contributed by atoms with Gasteiger partial charge >= 0.3 is 0 Å². The van der Waals surface area contributed by atoms with Crippen LogP contribution in [0.1, 0.15) is 4.88 Å². The maximum Gasteiger partial charge on any atom is 0.102 e. The average Bonchev–Trinajstić information content (AvgIpc) is 2.74. The maximum atomic E-state index is 5.06. The van der Waals surface area contributed by atoms with E-state index in [1.54, 1.807) is 6.26 Å². The highest BCUT2D eigenvalue weighted by Crippen LogP contribution is 2.33. The molecule has 1 nitrogen and oxygen atoms in total. The zero-order chi connectivity index (χ0) is 10.1. The van der Waals surface area contributed by atoms with Crippen LogP contribution in [0.2, 0.25) is 0 Å². The Morgan fingerprint density at radius 3 is 2.87 bits per heavy atom. The van der Waals surface area contributed by atoms with Gasteiger partial charge in [0.1, 0.15) is 6.26 Å². The second-order valence-corrected chi connectivity index (χ2v) is 4.92. The van der Waals surface area contributed by atoms with Crippen LogP contribution in [-0.2, 0) is 4.18 Å². The van der Waals surface area contributed by atoms with Crippen molar-refractivity contribution in [1.29, 1.82) is 0 Å². The van der Waals surface area contributed by atoms with Crippen molar-refractivity contribution in [3.05, 3.63) is 53.0 Å². The van der Waals surface area contributed by atoms with Gasteiger partial charge in [0.15, 0.2) is 0 Å². The molecule has 0 N–H and O–H groups in total. The third kappa shape index (κ3) is 1.68. The Morgan fingerprint density at radius 2 is 2.07 bits per heavy atom. The number of rotatable bonds is 1. The summed E-state index contributed by atoms with van der Waals surface area (Å²) in [6, 6.07) is 10.7. The molecule has 0 unspecified atom stereocenters. The van der Waals surface area contributed by atoms with Gasteiger partial charge in [-0.2, -0.15) is 0 Å². The molecule has 0 atom stereocenters. The summed E-state index contributed by atoms with van der Waals surface area (Å²) in [5, 5.41) is 3.34. The zero-order valence-corrected chi connectivity index (χ0v) is 9.48. The summed E-state index contributed by atoms with van der Waals surface area (Å²) in [6.45, 7) is 0. The fourth-order valence-electron chi connectivity index (χ4n) is 1.52. The minimum absolute atomic E-state index is 1.23. The molecular formula is C12H8OS2. The smallest absolute Gasteiger partial charge is 0.102 e. The molecule has 74 valence electrons. The van der Waals surface area contributed by atoms with E-state index in [0.29, 0.717) is 0 Å². The van der Waals surface area contributed by atoms with Gasteiger partial charge in [-0.15, -0.1) is 11.3 Å². The lowest BCUT2D eigenvalue weighted by Crippen LogP contribution is -1.78. The van der Waals surface area contributed by atoms with Crippen LogP contribution in [0.4, 0.5) is 0 Å². The number of thiophene rings is 1. The second-order valence-electron chi connectivity index (χ2n) is 3.22. The van der Waals surface area contributed by atoms with Crippen molar-refractivity contribution in [1.82, 2.24) is 0 Å². The van der Waals surface area contributed by atoms with Gasteiger partial charge in [0.25, 0.3) is 0 Å². The topological polar surface area (TPSA) is 9.23 Å². The van der Waals surface area contributed by atoms with Crippen LogP contribution in [0.15, 0.2) is 48.1 Å². The first-order valence-corrected chi connectivity index (χ1v) is 6.23. The van der Waals surface area contributed by atoms with Crippen molar-refractivity contribution >= 4 is 39.0 Å². The van der Waals surface area contributed by atoms with Gasteiger partial charge in [0.2, 0.25) is 0 Å². The molecule has 0 saturated carbocycles. The van der Waals surface area contributed by atoms with E-state index in [1.807, 2.05) is 22.8 Å². The van der Waals surface area contributed by atoms with E-state index >= 15 is 0 Å². The van der Waals surface area contributed by atoms with Crippen molar-refractivity contribution in [3.63, 3.8) is 0 Å². The predicted molar refractivity (Wildman–Crippen MR) is 67.6 cm³/mol. The summed E-state index contributed by atoms with van der Waals surface area (Å²) in [6.07, 6.45) is 3.73. The predicted octanol–water partition coefficient (Wildman–Crippen LogP) is 4.43. The Bertz CT molecular complexity index is 519. The largest absolute Gasteiger partial charge is 0.429 e. The summed E-state index contributed by atoms with van der Waals surface area (Å²) < 4.78 is 6.39. The number of benzene rings is 1. The Kier molecular flexibility index (Phi) is 2.27. The highest BCUT2D eigenvalue weighted by molar-refractivity contribution is 7.97. The molecule has 3 rings (SSSR count). The van der Waals surface area contributed by atoms with Crippen LogP contribution in [0.3, 0.4) is 0 Å². The van der Waals surface area contributed by atoms with E-state index in [1.165, 1.54) is 32.6 Å². The van der Waals surface area contributed by atoms with E-state index in [9.17, 15) is 0 Å². The number of allylic oxidation sites excluding steroid dienone is 2. The van der Waals surface area contributed by atoms with Crippen LogP contribution in [0, 0.1) is 0 Å². The molecule has 2 aromatic rings. The summed E-state index contributed by atoms with van der Waals surface area (Å²) in [4.78, 5) is 1.29. The Morgan fingerprint density at radius 1 is 1.13 bits per heavy atom. The molecule has 0 fully saturated rings. The summed E-state index contributed by atoms with van der Waals surface area (Å²) in [7, 11) is 0. The molecule has 1 aromatic heterocycles. The molecule has 1 aliphatic rings. The lowest BCUT2D eigenvalue weighted by atomic mass is 10.2.